The van der Waals surface area contributed by atoms with Gasteiger partial charge >= 0.3 is 0 Å². The van der Waals surface area contributed by atoms with Crippen molar-refractivity contribution < 1.29 is 4.39 Å². The Kier molecular flexibility index (Phi) is 3.88. The monoisotopic (exact) mass is 301 g/mol. The Morgan fingerprint density at radius 2 is 2.10 bits per heavy atom. The van der Waals surface area contributed by atoms with E-state index in [-0.39, 0.29) is 5.82 Å². The summed E-state index contributed by atoms with van der Waals surface area (Å²) in [6, 6.07) is 12.6. The topological polar surface area (TPSA) is 29.9 Å². The van der Waals surface area contributed by atoms with Crippen LogP contribution in [-0.4, -0.2) is 9.55 Å². The third-order valence-electron chi connectivity index (χ3n) is 3.12. The third-order valence-corrected chi connectivity index (χ3v) is 3.35. The zero-order chi connectivity index (χ0) is 14.7. The summed E-state index contributed by atoms with van der Waals surface area (Å²) in [6.45, 7) is 0.529. The van der Waals surface area contributed by atoms with Crippen molar-refractivity contribution in [2.45, 2.75) is 6.54 Å². The highest BCUT2D eigenvalue weighted by molar-refractivity contribution is 6.30. The quantitative estimate of drug-likeness (QED) is 0.779. The average molecular weight is 302 g/mol. The molecule has 2 aromatic carbocycles. The number of hydrogen-bond donors (Lipinski definition) is 1. The largest absolute Gasteiger partial charge is 0.381 e. The van der Waals surface area contributed by atoms with E-state index in [1.807, 2.05) is 30.3 Å². The Labute approximate surface area is 127 Å². The van der Waals surface area contributed by atoms with E-state index in [0.717, 1.165) is 11.3 Å². The Morgan fingerprint density at radius 3 is 2.81 bits per heavy atom. The van der Waals surface area contributed by atoms with E-state index in [0.29, 0.717) is 17.3 Å². The van der Waals surface area contributed by atoms with Gasteiger partial charge in [0, 0.05) is 29.6 Å². The average Bonchev–Trinajstić information content (AvgIpc) is 2.99. The molecule has 0 aliphatic rings. The highest BCUT2D eigenvalue weighted by Gasteiger charge is 2.05. The fraction of sp³-hybridized carbons (Fsp3) is 0.0625. The molecule has 1 heterocycles. The first-order valence-corrected chi connectivity index (χ1v) is 6.86. The third kappa shape index (κ3) is 3.23. The van der Waals surface area contributed by atoms with E-state index < -0.39 is 0 Å². The van der Waals surface area contributed by atoms with Crippen molar-refractivity contribution in [1.29, 1.82) is 0 Å². The molecule has 21 heavy (non-hydrogen) atoms. The van der Waals surface area contributed by atoms with Gasteiger partial charge in [0.05, 0.1) is 12.0 Å². The van der Waals surface area contributed by atoms with E-state index in [9.17, 15) is 4.39 Å². The lowest BCUT2D eigenvalue weighted by Crippen LogP contribution is -2.01. The van der Waals surface area contributed by atoms with Gasteiger partial charge in [0.15, 0.2) is 0 Å². The van der Waals surface area contributed by atoms with Crippen LogP contribution in [-0.2, 0) is 6.54 Å². The van der Waals surface area contributed by atoms with Crippen molar-refractivity contribution in [2.75, 3.05) is 5.32 Å². The molecule has 0 fully saturated rings. The van der Waals surface area contributed by atoms with Crippen molar-refractivity contribution in [3.05, 3.63) is 77.6 Å². The van der Waals surface area contributed by atoms with Crippen LogP contribution >= 0.6 is 11.6 Å². The molecule has 0 amide bonds. The van der Waals surface area contributed by atoms with Gasteiger partial charge in [-0.05, 0) is 35.9 Å². The van der Waals surface area contributed by atoms with Gasteiger partial charge in [0.1, 0.15) is 5.82 Å². The standard InChI is InChI=1S/C16H13ClFN3/c17-13-2-1-3-14(9-13)20-10-12-4-5-16(15(18)8-12)21-7-6-19-11-21/h1-9,11,20H,10H2. The van der Waals surface area contributed by atoms with Crippen LogP contribution in [0, 0.1) is 5.82 Å². The van der Waals surface area contributed by atoms with Crippen molar-refractivity contribution in [1.82, 2.24) is 9.55 Å². The Bertz CT molecular complexity index is 741. The molecule has 1 N–H and O–H groups in total. The number of benzene rings is 2. The maximum Gasteiger partial charge on any atom is 0.147 e. The second-order valence-electron chi connectivity index (χ2n) is 4.62. The number of anilines is 1. The Morgan fingerprint density at radius 1 is 1.19 bits per heavy atom. The van der Waals surface area contributed by atoms with Crippen LogP contribution < -0.4 is 5.32 Å². The number of imidazole rings is 1. The lowest BCUT2D eigenvalue weighted by molar-refractivity contribution is 0.616. The summed E-state index contributed by atoms with van der Waals surface area (Å²) >= 11 is 5.92. The minimum atomic E-state index is -0.279. The van der Waals surface area contributed by atoms with E-state index in [1.54, 1.807) is 29.4 Å². The molecule has 0 aliphatic carbocycles. The summed E-state index contributed by atoms with van der Waals surface area (Å²) in [4.78, 5) is 3.92. The molecule has 1 aromatic heterocycles. The van der Waals surface area contributed by atoms with Gasteiger partial charge < -0.3 is 9.88 Å². The fourth-order valence-corrected chi connectivity index (χ4v) is 2.26. The molecule has 0 saturated heterocycles. The first-order valence-electron chi connectivity index (χ1n) is 6.48. The van der Waals surface area contributed by atoms with Crippen LogP contribution in [0.3, 0.4) is 0 Å². The van der Waals surface area contributed by atoms with E-state index in [1.165, 1.54) is 6.07 Å². The number of halogens is 2. The predicted octanol–water partition coefficient (Wildman–Crippen LogP) is 4.28. The predicted molar refractivity (Wildman–Crippen MR) is 82.3 cm³/mol. The van der Waals surface area contributed by atoms with Crippen LogP contribution in [0.5, 0.6) is 0 Å². The molecule has 0 aliphatic heterocycles. The molecule has 0 bridgehead atoms. The molecule has 0 saturated carbocycles. The summed E-state index contributed by atoms with van der Waals surface area (Å²) in [5.74, 6) is -0.279. The summed E-state index contributed by atoms with van der Waals surface area (Å²) in [5.41, 5.74) is 2.25. The van der Waals surface area contributed by atoms with Crippen LogP contribution in [0.1, 0.15) is 5.56 Å². The molecular formula is C16H13ClFN3. The van der Waals surface area contributed by atoms with Crippen molar-refractivity contribution in [2.24, 2.45) is 0 Å². The highest BCUT2D eigenvalue weighted by Crippen LogP contribution is 2.18. The van der Waals surface area contributed by atoms with E-state index in [2.05, 4.69) is 10.3 Å². The van der Waals surface area contributed by atoms with Gasteiger partial charge in [-0.2, -0.15) is 0 Å². The van der Waals surface area contributed by atoms with Crippen molar-refractivity contribution in [3.63, 3.8) is 0 Å². The molecule has 3 aromatic rings. The molecule has 106 valence electrons. The number of nitrogens with one attached hydrogen (secondary N) is 1. The fourth-order valence-electron chi connectivity index (χ4n) is 2.07. The number of aromatic nitrogens is 2. The van der Waals surface area contributed by atoms with Gasteiger partial charge in [-0.15, -0.1) is 0 Å². The number of nitrogens with zero attached hydrogens (tertiary/aromatic N) is 2. The van der Waals surface area contributed by atoms with E-state index >= 15 is 0 Å². The van der Waals surface area contributed by atoms with Crippen LogP contribution in [0.25, 0.3) is 5.69 Å². The van der Waals surface area contributed by atoms with Gasteiger partial charge in [0.2, 0.25) is 0 Å². The maximum absolute atomic E-state index is 14.1. The highest BCUT2D eigenvalue weighted by atomic mass is 35.5. The van der Waals surface area contributed by atoms with Gasteiger partial charge in [-0.3, -0.25) is 0 Å². The Balaban J connectivity index is 1.74. The lowest BCUT2D eigenvalue weighted by atomic mass is 10.2. The second-order valence-corrected chi connectivity index (χ2v) is 5.06. The normalized spacial score (nSPS) is 10.6. The summed E-state index contributed by atoms with van der Waals surface area (Å²) in [6.07, 6.45) is 4.90. The molecule has 0 unspecified atom stereocenters. The summed E-state index contributed by atoms with van der Waals surface area (Å²) < 4.78 is 15.7. The summed E-state index contributed by atoms with van der Waals surface area (Å²) in [5, 5.41) is 3.88. The van der Waals surface area contributed by atoms with E-state index in [4.69, 9.17) is 11.6 Å². The van der Waals surface area contributed by atoms with Crippen LogP contribution in [0.4, 0.5) is 10.1 Å². The maximum atomic E-state index is 14.1. The lowest BCUT2D eigenvalue weighted by Gasteiger charge is -2.09. The van der Waals surface area contributed by atoms with Crippen molar-refractivity contribution in [3.8, 4) is 5.69 Å². The second kappa shape index (κ2) is 5.97. The molecular weight excluding hydrogens is 289 g/mol. The minimum absolute atomic E-state index is 0.279. The van der Waals surface area contributed by atoms with Crippen molar-refractivity contribution >= 4 is 17.3 Å². The molecule has 0 radical (unpaired) electrons. The first kappa shape index (κ1) is 13.6. The zero-order valence-corrected chi connectivity index (χ0v) is 11.9. The SMILES string of the molecule is Fc1cc(CNc2cccc(Cl)c2)ccc1-n1ccnc1. The van der Waals surface area contributed by atoms with Gasteiger partial charge in [0.25, 0.3) is 0 Å². The number of hydrogen-bond acceptors (Lipinski definition) is 2. The minimum Gasteiger partial charge on any atom is -0.381 e. The molecule has 3 nitrogen and oxygen atoms in total. The summed E-state index contributed by atoms with van der Waals surface area (Å²) in [7, 11) is 0. The molecule has 0 atom stereocenters. The first-order chi connectivity index (χ1) is 10.2. The smallest absolute Gasteiger partial charge is 0.147 e. The molecule has 0 spiro atoms. The Hall–Kier alpha value is -2.33. The number of rotatable bonds is 4. The van der Waals surface area contributed by atoms with Crippen LogP contribution in [0.15, 0.2) is 61.2 Å². The van der Waals surface area contributed by atoms with Crippen LogP contribution in [0.2, 0.25) is 5.02 Å². The molecule has 5 heteroatoms. The molecule has 3 rings (SSSR count). The zero-order valence-electron chi connectivity index (χ0n) is 11.1. The van der Waals surface area contributed by atoms with Gasteiger partial charge in [-0.1, -0.05) is 23.7 Å². The van der Waals surface area contributed by atoms with Gasteiger partial charge in [-0.25, -0.2) is 9.37 Å².